The number of nitrogens with two attached hydrogens (primary N) is 1. The van der Waals surface area contributed by atoms with E-state index in [9.17, 15) is 4.39 Å². The first kappa shape index (κ1) is 12.4. The van der Waals surface area contributed by atoms with Gasteiger partial charge in [0, 0.05) is 12.1 Å². The minimum Gasteiger partial charge on any atom is -0.493 e. The molecule has 2 rings (SSSR count). The SMILES string of the molecule is CC(N)Cc1cc(F)cc(OCCC2CC2)c1. The molecule has 0 radical (unpaired) electrons. The van der Waals surface area contributed by atoms with Crippen molar-refractivity contribution in [2.75, 3.05) is 6.61 Å². The molecule has 1 atom stereocenters. The molecule has 0 aromatic heterocycles. The van der Waals surface area contributed by atoms with E-state index in [-0.39, 0.29) is 11.9 Å². The number of ether oxygens (including phenoxy) is 1. The van der Waals surface area contributed by atoms with Gasteiger partial charge in [-0.05, 0) is 43.4 Å². The van der Waals surface area contributed by atoms with Crippen molar-refractivity contribution in [3.63, 3.8) is 0 Å². The second-order valence-corrected chi connectivity index (χ2v) is 5.06. The van der Waals surface area contributed by atoms with Gasteiger partial charge in [-0.15, -0.1) is 0 Å². The van der Waals surface area contributed by atoms with Gasteiger partial charge < -0.3 is 10.5 Å². The number of hydrogen-bond acceptors (Lipinski definition) is 2. The Morgan fingerprint density at radius 1 is 1.41 bits per heavy atom. The highest BCUT2D eigenvalue weighted by Gasteiger charge is 2.20. The fourth-order valence-electron chi connectivity index (χ4n) is 1.94. The highest BCUT2D eigenvalue weighted by molar-refractivity contribution is 5.30. The normalized spacial score (nSPS) is 16.9. The summed E-state index contributed by atoms with van der Waals surface area (Å²) >= 11 is 0. The van der Waals surface area contributed by atoms with Gasteiger partial charge in [-0.2, -0.15) is 0 Å². The van der Waals surface area contributed by atoms with Gasteiger partial charge in [0.1, 0.15) is 11.6 Å². The summed E-state index contributed by atoms with van der Waals surface area (Å²) in [5, 5.41) is 0. The van der Waals surface area contributed by atoms with Crippen LogP contribution in [-0.4, -0.2) is 12.6 Å². The van der Waals surface area contributed by atoms with Gasteiger partial charge in [-0.25, -0.2) is 4.39 Å². The number of rotatable bonds is 6. The maximum Gasteiger partial charge on any atom is 0.127 e. The Balaban J connectivity index is 1.92. The van der Waals surface area contributed by atoms with Crippen LogP contribution in [0.15, 0.2) is 18.2 Å². The second-order valence-electron chi connectivity index (χ2n) is 5.06. The molecule has 0 amide bonds. The Labute approximate surface area is 102 Å². The molecule has 17 heavy (non-hydrogen) atoms. The summed E-state index contributed by atoms with van der Waals surface area (Å²) in [6.45, 7) is 2.60. The third-order valence-corrected chi connectivity index (χ3v) is 2.98. The van der Waals surface area contributed by atoms with Crippen LogP contribution < -0.4 is 10.5 Å². The van der Waals surface area contributed by atoms with Gasteiger partial charge in [-0.1, -0.05) is 12.8 Å². The third-order valence-electron chi connectivity index (χ3n) is 2.98. The Hall–Kier alpha value is -1.09. The van der Waals surface area contributed by atoms with Crippen molar-refractivity contribution in [2.24, 2.45) is 11.7 Å². The van der Waals surface area contributed by atoms with E-state index in [0.29, 0.717) is 18.8 Å². The van der Waals surface area contributed by atoms with Crippen molar-refractivity contribution >= 4 is 0 Å². The van der Waals surface area contributed by atoms with Crippen LogP contribution in [0.25, 0.3) is 0 Å². The van der Waals surface area contributed by atoms with Crippen LogP contribution in [0.2, 0.25) is 0 Å². The van der Waals surface area contributed by atoms with Crippen molar-refractivity contribution in [1.82, 2.24) is 0 Å². The molecule has 0 aliphatic heterocycles. The number of benzene rings is 1. The van der Waals surface area contributed by atoms with E-state index in [1.165, 1.54) is 25.0 Å². The summed E-state index contributed by atoms with van der Waals surface area (Å²) in [4.78, 5) is 0. The van der Waals surface area contributed by atoms with Crippen LogP contribution in [0.4, 0.5) is 4.39 Å². The van der Waals surface area contributed by atoms with Crippen LogP contribution in [0.3, 0.4) is 0 Å². The maximum atomic E-state index is 13.4. The summed E-state index contributed by atoms with van der Waals surface area (Å²) < 4.78 is 18.9. The van der Waals surface area contributed by atoms with E-state index >= 15 is 0 Å². The van der Waals surface area contributed by atoms with Crippen LogP contribution in [0, 0.1) is 11.7 Å². The molecule has 2 nitrogen and oxygen atoms in total. The topological polar surface area (TPSA) is 35.2 Å². The van der Waals surface area contributed by atoms with Crippen LogP contribution in [0.1, 0.15) is 31.7 Å². The molecular weight excluding hydrogens is 217 g/mol. The van der Waals surface area contributed by atoms with Crippen molar-refractivity contribution in [3.05, 3.63) is 29.6 Å². The summed E-state index contributed by atoms with van der Waals surface area (Å²) in [6.07, 6.45) is 4.40. The van der Waals surface area contributed by atoms with Gasteiger partial charge in [0.2, 0.25) is 0 Å². The lowest BCUT2D eigenvalue weighted by atomic mass is 10.1. The average Bonchev–Trinajstić information content (AvgIpc) is 2.99. The summed E-state index contributed by atoms with van der Waals surface area (Å²) in [7, 11) is 0. The third kappa shape index (κ3) is 4.35. The molecule has 1 unspecified atom stereocenters. The van der Waals surface area contributed by atoms with Gasteiger partial charge in [0.15, 0.2) is 0 Å². The van der Waals surface area contributed by atoms with Crippen LogP contribution in [-0.2, 0) is 6.42 Å². The van der Waals surface area contributed by atoms with E-state index in [2.05, 4.69) is 0 Å². The van der Waals surface area contributed by atoms with Gasteiger partial charge in [0.25, 0.3) is 0 Å². The Morgan fingerprint density at radius 2 is 2.18 bits per heavy atom. The molecule has 0 saturated heterocycles. The predicted molar refractivity (Wildman–Crippen MR) is 66.6 cm³/mol. The van der Waals surface area contributed by atoms with Crippen molar-refractivity contribution in [1.29, 1.82) is 0 Å². The first-order valence-corrected chi connectivity index (χ1v) is 6.31. The van der Waals surface area contributed by atoms with Crippen molar-refractivity contribution in [3.8, 4) is 5.75 Å². The second kappa shape index (κ2) is 5.50. The highest BCUT2D eigenvalue weighted by Crippen LogP contribution is 2.32. The quantitative estimate of drug-likeness (QED) is 0.825. The molecule has 3 heteroatoms. The summed E-state index contributed by atoms with van der Waals surface area (Å²) in [6, 6.07) is 4.89. The van der Waals surface area contributed by atoms with Crippen molar-refractivity contribution < 1.29 is 9.13 Å². The van der Waals surface area contributed by atoms with Crippen LogP contribution >= 0.6 is 0 Å². The minimum atomic E-state index is -0.246. The van der Waals surface area contributed by atoms with Crippen LogP contribution in [0.5, 0.6) is 5.75 Å². The molecule has 0 spiro atoms. The van der Waals surface area contributed by atoms with E-state index in [1.54, 1.807) is 0 Å². The maximum absolute atomic E-state index is 13.4. The zero-order chi connectivity index (χ0) is 12.3. The average molecular weight is 237 g/mol. The Morgan fingerprint density at radius 3 is 2.82 bits per heavy atom. The smallest absolute Gasteiger partial charge is 0.127 e. The molecule has 1 fully saturated rings. The molecule has 1 aromatic rings. The molecule has 1 aliphatic rings. The lowest BCUT2D eigenvalue weighted by Gasteiger charge is -2.10. The lowest BCUT2D eigenvalue weighted by Crippen LogP contribution is -2.17. The van der Waals surface area contributed by atoms with E-state index in [1.807, 2.05) is 13.0 Å². The van der Waals surface area contributed by atoms with Gasteiger partial charge in [-0.3, -0.25) is 0 Å². The molecule has 1 saturated carbocycles. The molecule has 2 N–H and O–H groups in total. The minimum absolute atomic E-state index is 0.0381. The lowest BCUT2D eigenvalue weighted by molar-refractivity contribution is 0.300. The molecule has 1 aromatic carbocycles. The van der Waals surface area contributed by atoms with Gasteiger partial charge >= 0.3 is 0 Å². The fraction of sp³-hybridized carbons (Fsp3) is 0.571. The molecule has 94 valence electrons. The van der Waals surface area contributed by atoms with E-state index < -0.39 is 0 Å². The largest absolute Gasteiger partial charge is 0.493 e. The predicted octanol–water partition coefficient (Wildman–Crippen LogP) is 2.89. The standard InChI is InChI=1S/C14H20FNO/c1-10(16)6-12-7-13(15)9-14(8-12)17-5-4-11-2-3-11/h7-11H,2-6,16H2,1H3. The highest BCUT2D eigenvalue weighted by atomic mass is 19.1. The number of halogens is 1. The molecular formula is C14H20FNO. The van der Waals surface area contributed by atoms with E-state index in [0.717, 1.165) is 17.9 Å². The Bertz CT molecular complexity index is 374. The first-order valence-electron chi connectivity index (χ1n) is 6.31. The number of hydrogen-bond donors (Lipinski definition) is 1. The molecule has 0 heterocycles. The van der Waals surface area contributed by atoms with Gasteiger partial charge in [0.05, 0.1) is 6.61 Å². The Kier molecular flexibility index (Phi) is 4.00. The van der Waals surface area contributed by atoms with E-state index in [4.69, 9.17) is 10.5 Å². The zero-order valence-corrected chi connectivity index (χ0v) is 10.3. The molecule has 1 aliphatic carbocycles. The monoisotopic (exact) mass is 237 g/mol. The van der Waals surface area contributed by atoms with Crippen molar-refractivity contribution in [2.45, 2.75) is 38.6 Å². The first-order chi connectivity index (χ1) is 8.13. The summed E-state index contributed by atoms with van der Waals surface area (Å²) in [5.74, 6) is 1.22. The zero-order valence-electron chi connectivity index (χ0n) is 10.3. The summed E-state index contributed by atoms with van der Waals surface area (Å²) in [5.41, 5.74) is 6.61. The molecule has 0 bridgehead atoms. The fourth-order valence-corrected chi connectivity index (χ4v) is 1.94.